The van der Waals surface area contributed by atoms with Crippen molar-refractivity contribution in [2.45, 2.75) is 18.6 Å². The van der Waals surface area contributed by atoms with E-state index in [9.17, 15) is 0 Å². The van der Waals surface area contributed by atoms with Crippen LogP contribution in [0.15, 0.2) is 36.4 Å². The van der Waals surface area contributed by atoms with Crippen molar-refractivity contribution < 1.29 is 14.9 Å². The molecule has 0 aliphatic heterocycles. The van der Waals surface area contributed by atoms with E-state index in [1.54, 1.807) is 0 Å². The molecule has 0 atom stereocenters. The van der Waals surface area contributed by atoms with Crippen molar-refractivity contribution in [3.8, 4) is 0 Å². The Kier molecular flexibility index (Phi) is 3.72. The van der Waals surface area contributed by atoms with Crippen LogP contribution >= 0.6 is 0 Å². The van der Waals surface area contributed by atoms with E-state index in [-0.39, 0.29) is 13.2 Å². The lowest BCUT2D eigenvalue weighted by Crippen LogP contribution is -2.21. The number of benzene rings is 1. The zero-order chi connectivity index (χ0) is 11.4. The molecule has 86 valence electrons. The fourth-order valence-electron chi connectivity index (χ4n) is 1.49. The molecule has 1 aliphatic carbocycles. The van der Waals surface area contributed by atoms with Crippen LogP contribution in [0.25, 0.3) is 0 Å². The van der Waals surface area contributed by atoms with Crippen molar-refractivity contribution in [2.75, 3.05) is 13.2 Å². The van der Waals surface area contributed by atoms with Crippen LogP contribution in [-0.2, 0) is 11.3 Å². The summed E-state index contributed by atoms with van der Waals surface area (Å²) in [5.41, 5.74) is 2.35. The highest BCUT2D eigenvalue weighted by Gasteiger charge is 2.13. The molecular formula is C13H16O3. The molecule has 3 nitrogen and oxygen atoms in total. The third-order valence-corrected chi connectivity index (χ3v) is 2.64. The lowest BCUT2D eigenvalue weighted by atomic mass is 10.1. The predicted molar refractivity (Wildman–Crippen MR) is 61.1 cm³/mol. The van der Waals surface area contributed by atoms with Crippen LogP contribution in [0.4, 0.5) is 0 Å². The molecule has 2 N–H and O–H groups in total. The Balaban J connectivity index is 1.84. The fraction of sp³-hybridized carbons (Fsp3) is 0.385. The summed E-state index contributed by atoms with van der Waals surface area (Å²) < 4.78 is 5.33. The summed E-state index contributed by atoms with van der Waals surface area (Å²) in [6, 6.07) is 8.19. The van der Waals surface area contributed by atoms with Crippen LogP contribution in [0.3, 0.4) is 0 Å². The number of allylic oxidation sites excluding steroid dienone is 2. The molecule has 2 rings (SSSR count). The summed E-state index contributed by atoms with van der Waals surface area (Å²) in [6.07, 6.45) is 3.82. The minimum atomic E-state index is -0.482. The number of ether oxygens (including phenoxy) is 1. The molecule has 1 aromatic rings. The Morgan fingerprint density at radius 3 is 2.19 bits per heavy atom. The first kappa shape index (κ1) is 11.3. The van der Waals surface area contributed by atoms with Crippen LogP contribution < -0.4 is 0 Å². The molecule has 3 heteroatoms. The van der Waals surface area contributed by atoms with E-state index in [4.69, 9.17) is 14.9 Å². The van der Waals surface area contributed by atoms with E-state index in [0.29, 0.717) is 12.5 Å². The van der Waals surface area contributed by atoms with Crippen LogP contribution in [0.5, 0.6) is 0 Å². The molecule has 0 unspecified atom stereocenters. The lowest BCUT2D eigenvalue weighted by molar-refractivity contribution is -0.0284. The third-order valence-electron chi connectivity index (χ3n) is 2.64. The number of hydrogen-bond donors (Lipinski definition) is 2. The summed E-state index contributed by atoms with van der Waals surface area (Å²) in [5.74, 6) is 0.526. The first-order valence-corrected chi connectivity index (χ1v) is 5.44. The van der Waals surface area contributed by atoms with Crippen molar-refractivity contribution in [3.05, 3.63) is 47.5 Å². The molecule has 0 saturated carbocycles. The van der Waals surface area contributed by atoms with E-state index in [1.165, 1.54) is 5.56 Å². The molecule has 0 bridgehead atoms. The van der Waals surface area contributed by atoms with Gasteiger partial charge in [0.05, 0.1) is 19.8 Å². The highest BCUT2D eigenvalue weighted by atomic mass is 16.5. The van der Waals surface area contributed by atoms with Gasteiger partial charge in [-0.25, -0.2) is 0 Å². The van der Waals surface area contributed by atoms with Gasteiger partial charge in [-0.3, -0.25) is 0 Å². The quantitative estimate of drug-likeness (QED) is 0.708. The second-order valence-corrected chi connectivity index (χ2v) is 3.95. The summed E-state index contributed by atoms with van der Waals surface area (Å²) in [4.78, 5) is 0. The Morgan fingerprint density at radius 2 is 1.69 bits per heavy atom. The van der Waals surface area contributed by atoms with Gasteiger partial charge in [-0.05, 0) is 11.1 Å². The zero-order valence-electron chi connectivity index (χ0n) is 9.04. The molecule has 0 heterocycles. The Labute approximate surface area is 95.0 Å². The van der Waals surface area contributed by atoms with Gasteiger partial charge in [0.1, 0.15) is 6.10 Å². The average Bonchev–Trinajstić information content (AvgIpc) is 3.15. The van der Waals surface area contributed by atoms with Crippen LogP contribution in [-0.4, -0.2) is 29.5 Å². The summed E-state index contributed by atoms with van der Waals surface area (Å²) in [5, 5.41) is 17.7. The Bertz CT molecular complexity index is 346. The van der Waals surface area contributed by atoms with Gasteiger partial charge in [-0.2, -0.15) is 0 Å². The average molecular weight is 220 g/mol. The largest absolute Gasteiger partial charge is 0.394 e. The van der Waals surface area contributed by atoms with E-state index < -0.39 is 6.10 Å². The number of hydrogen-bond acceptors (Lipinski definition) is 3. The van der Waals surface area contributed by atoms with E-state index >= 15 is 0 Å². The Hall–Kier alpha value is -1.16. The third kappa shape index (κ3) is 2.92. The van der Waals surface area contributed by atoms with Gasteiger partial charge >= 0.3 is 0 Å². The van der Waals surface area contributed by atoms with Crippen LogP contribution in [0, 0.1) is 0 Å². The molecule has 0 amide bonds. The summed E-state index contributed by atoms with van der Waals surface area (Å²) in [7, 11) is 0. The second kappa shape index (κ2) is 5.25. The van der Waals surface area contributed by atoms with Gasteiger partial charge < -0.3 is 14.9 Å². The maximum Gasteiger partial charge on any atom is 0.104 e. The number of aliphatic hydroxyl groups is 2. The molecule has 16 heavy (non-hydrogen) atoms. The molecule has 1 aromatic carbocycles. The molecular weight excluding hydrogens is 204 g/mol. The molecule has 0 spiro atoms. The second-order valence-electron chi connectivity index (χ2n) is 3.95. The van der Waals surface area contributed by atoms with Gasteiger partial charge in [0, 0.05) is 5.92 Å². The first-order valence-electron chi connectivity index (χ1n) is 5.44. The molecule has 1 aliphatic rings. The summed E-state index contributed by atoms with van der Waals surface area (Å²) in [6.45, 7) is 0.116. The SMILES string of the molecule is OCC(CO)OCc1ccc(C2C=C2)cc1. The predicted octanol–water partition coefficient (Wildman–Crippen LogP) is 1.21. The van der Waals surface area contributed by atoms with E-state index in [1.807, 2.05) is 12.1 Å². The molecule has 0 fully saturated rings. The highest BCUT2D eigenvalue weighted by Crippen LogP contribution is 2.29. The zero-order valence-corrected chi connectivity index (χ0v) is 9.04. The minimum absolute atomic E-state index is 0.152. The normalized spacial score (nSPS) is 14.7. The van der Waals surface area contributed by atoms with Crippen molar-refractivity contribution in [1.82, 2.24) is 0 Å². The standard InChI is InChI=1S/C13H16O3/c14-7-13(8-15)16-9-10-1-3-11(4-2-10)12-5-6-12/h1-6,12-15H,7-9H2. The highest BCUT2D eigenvalue weighted by molar-refractivity contribution is 5.38. The minimum Gasteiger partial charge on any atom is -0.394 e. The van der Waals surface area contributed by atoms with Crippen LogP contribution in [0.2, 0.25) is 0 Å². The van der Waals surface area contributed by atoms with Crippen molar-refractivity contribution in [3.63, 3.8) is 0 Å². The monoisotopic (exact) mass is 220 g/mol. The van der Waals surface area contributed by atoms with Gasteiger partial charge in [0.15, 0.2) is 0 Å². The topological polar surface area (TPSA) is 49.7 Å². The first-order chi connectivity index (χ1) is 7.83. The molecule has 0 saturated heterocycles. The Morgan fingerprint density at radius 1 is 1.06 bits per heavy atom. The maximum atomic E-state index is 8.84. The smallest absolute Gasteiger partial charge is 0.104 e. The molecule has 0 radical (unpaired) electrons. The van der Waals surface area contributed by atoms with E-state index in [0.717, 1.165) is 5.56 Å². The number of rotatable bonds is 6. The van der Waals surface area contributed by atoms with Crippen molar-refractivity contribution >= 4 is 0 Å². The van der Waals surface area contributed by atoms with Crippen molar-refractivity contribution in [1.29, 1.82) is 0 Å². The van der Waals surface area contributed by atoms with Crippen LogP contribution in [0.1, 0.15) is 17.0 Å². The van der Waals surface area contributed by atoms with Gasteiger partial charge in [-0.1, -0.05) is 36.4 Å². The van der Waals surface area contributed by atoms with Gasteiger partial charge in [-0.15, -0.1) is 0 Å². The number of aliphatic hydroxyl groups excluding tert-OH is 2. The van der Waals surface area contributed by atoms with Crippen molar-refractivity contribution in [2.24, 2.45) is 0 Å². The van der Waals surface area contributed by atoms with Gasteiger partial charge in [0.2, 0.25) is 0 Å². The summed E-state index contributed by atoms with van der Waals surface area (Å²) >= 11 is 0. The molecule has 0 aromatic heterocycles. The van der Waals surface area contributed by atoms with Gasteiger partial charge in [0.25, 0.3) is 0 Å². The van der Waals surface area contributed by atoms with E-state index in [2.05, 4.69) is 24.3 Å². The maximum absolute atomic E-state index is 8.84. The lowest BCUT2D eigenvalue weighted by Gasteiger charge is -2.12. The fourth-order valence-corrected chi connectivity index (χ4v) is 1.49.